The van der Waals surface area contributed by atoms with Crippen LogP contribution < -0.4 is 10.6 Å². The molecule has 3 heterocycles. The summed E-state index contributed by atoms with van der Waals surface area (Å²) in [6.45, 7) is 1.62. The summed E-state index contributed by atoms with van der Waals surface area (Å²) in [5, 5.41) is 10.3. The van der Waals surface area contributed by atoms with E-state index in [0.29, 0.717) is 0 Å². The zero-order valence-corrected chi connectivity index (χ0v) is 18.2. The van der Waals surface area contributed by atoms with E-state index in [0.717, 1.165) is 40.2 Å². The van der Waals surface area contributed by atoms with Crippen molar-refractivity contribution in [2.45, 2.75) is 31.8 Å². The van der Waals surface area contributed by atoms with E-state index in [-0.39, 0.29) is 24.9 Å². The molecule has 4 amide bonds. The zero-order valence-electron chi connectivity index (χ0n) is 18.2. The summed E-state index contributed by atoms with van der Waals surface area (Å²) in [4.78, 5) is 42.8. The monoisotopic (exact) mass is 444 g/mol. The molecule has 0 spiro atoms. The van der Waals surface area contributed by atoms with E-state index < -0.39 is 17.5 Å². The van der Waals surface area contributed by atoms with Crippen LogP contribution in [0.15, 0.2) is 61.1 Å². The summed E-state index contributed by atoms with van der Waals surface area (Å²) in [6.07, 6.45) is 7.06. The number of imide groups is 1. The van der Waals surface area contributed by atoms with Gasteiger partial charge in [0.25, 0.3) is 5.91 Å². The summed E-state index contributed by atoms with van der Waals surface area (Å²) in [5.41, 5.74) is 2.39. The summed E-state index contributed by atoms with van der Waals surface area (Å²) < 4.78 is 1.76. The van der Waals surface area contributed by atoms with Gasteiger partial charge in [0.05, 0.1) is 11.4 Å². The highest BCUT2D eigenvalue weighted by atomic mass is 16.2. The molecule has 0 bridgehead atoms. The van der Waals surface area contributed by atoms with Crippen molar-refractivity contribution in [3.63, 3.8) is 0 Å². The van der Waals surface area contributed by atoms with Gasteiger partial charge in [-0.2, -0.15) is 5.10 Å². The highest BCUT2D eigenvalue weighted by molar-refractivity contribution is 6.09. The van der Waals surface area contributed by atoms with Crippen LogP contribution in [-0.2, 0) is 16.1 Å². The van der Waals surface area contributed by atoms with Gasteiger partial charge in [0.2, 0.25) is 5.91 Å². The molecular weight excluding hydrogens is 420 g/mol. The number of urea groups is 1. The van der Waals surface area contributed by atoms with Crippen LogP contribution in [0.2, 0.25) is 0 Å². The first-order valence-corrected chi connectivity index (χ1v) is 10.9. The molecule has 1 saturated heterocycles. The molecule has 2 aromatic heterocycles. The van der Waals surface area contributed by atoms with E-state index >= 15 is 0 Å². The molecule has 9 nitrogen and oxygen atoms in total. The Labute approximate surface area is 190 Å². The molecule has 3 aromatic rings. The highest BCUT2D eigenvalue weighted by Gasteiger charge is 2.56. The Bertz CT molecular complexity index is 1210. The molecular formula is C24H24N6O3. The molecule has 5 rings (SSSR count). The van der Waals surface area contributed by atoms with Crippen LogP contribution >= 0.6 is 0 Å². The Hall–Kier alpha value is -4.01. The first-order valence-electron chi connectivity index (χ1n) is 10.9. The number of aromatic nitrogens is 3. The second-order valence-corrected chi connectivity index (χ2v) is 8.59. The SMILES string of the molecule is CC1(C2CC2)NC(=O)N(CC(=O)NCc2cn(-c3ccccc3)nc2-c2ccncc2)C1=O. The van der Waals surface area contributed by atoms with Crippen LogP contribution in [0.5, 0.6) is 0 Å². The van der Waals surface area contributed by atoms with Gasteiger partial charge < -0.3 is 10.6 Å². The molecule has 0 radical (unpaired) electrons. The molecule has 168 valence electrons. The maximum atomic E-state index is 12.8. The zero-order chi connectivity index (χ0) is 23.0. The van der Waals surface area contributed by atoms with Gasteiger partial charge in [-0.05, 0) is 49.9 Å². The van der Waals surface area contributed by atoms with Crippen LogP contribution in [0, 0.1) is 5.92 Å². The van der Waals surface area contributed by atoms with Gasteiger partial charge in [-0.1, -0.05) is 18.2 Å². The molecule has 1 saturated carbocycles. The summed E-state index contributed by atoms with van der Waals surface area (Å²) in [7, 11) is 0. The van der Waals surface area contributed by atoms with Crippen molar-refractivity contribution in [3.8, 4) is 16.9 Å². The second kappa shape index (κ2) is 8.16. The van der Waals surface area contributed by atoms with Gasteiger partial charge in [-0.15, -0.1) is 0 Å². The number of rotatable bonds is 7. The molecule has 2 aliphatic rings. The molecule has 1 aliphatic carbocycles. The number of para-hydroxylation sites is 1. The predicted molar refractivity (Wildman–Crippen MR) is 120 cm³/mol. The average molecular weight is 444 g/mol. The van der Waals surface area contributed by atoms with Crippen molar-refractivity contribution >= 4 is 17.8 Å². The fraction of sp³-hybridized carbons (Fsp3) is 0.292. The first-order chi connectivity index (χ1) is 16.0. The standard InChI is InChI=1S/C24H24N6O3/c1-24(18-7-8-18)22(32)29(23(33)27-24)15-20(31)26-13-17-14-30(19-5-3-2-4-6-19)28-21(17)16-9-11-25-12-10-16/h2-6,9-12,14,18H,7-8,13,15H2,1H3,(H,26,31)(H,27,33). The summed E-state index contributed by atoms with van der Waals surface area (Å²) in [6, 6.07) is 12.9. The van der Waals surface area contributed by atoms with E-state index in [4.69, 9.17) is 5.10 Å². The number of benzene rings is 1. The molecule has 1 atom stereocenters. The van der Waals surface area contributed by atoms with E-state index in [9.17, 15) is 14.4 Å². The molecule has 2 fully saturated rings. The smallest absolute Gasteiger partial charge is 0.325 e. The lowest BCUT2D eigenvalue weighted by atomic mass is 9.96. The molecule has 2 N–H and O–H groups in total. The average Bonchev–Trinajstić information content (AvgIpc) is 3.57. The van der Waals surface area contributed by atoms with E-state index in [1.807, 2.05) is 48.7 Å². The fourth-order valence-corrected chi connectivity index (χ4v) is 4.19. The molecule has 33 heavy (non-hydrogen) atoms. The van der Waals surface area contributed by atoms with Crippen molar-refractivity contribution in [2.24, 2.45) is 5.92 Å². The minimum Gasteiger partial charge on any atom is -0.350 e. The molecule has 9 heteroatoms. The van der Waals surface area contributed by atoms with Gasteiger partial charge in [-0.3, -0.25) is 19.5 Å². The number of amides is 4. The largest absolute Gasteiger partial charge is 0.350 e. The lowest BCUT2D eigenvalue weighted by molar-refractivity contribution is -0.135. The highest BCUT2D eigenvalue weighted by Crippen LogP contribution is 2.42. The molecule has 1 aliphatic heterocycles. The van der Waals surface area contributed by atoms with Crippen LogP contribution in [0.3, 0.4) is 0 Å². The lowest BCUT2D eigenvalue weighted by Crippen LogP contribution is -2.46. The minimum absolute atomic E-state index is 0.147. The third-order valence-electron chi connectivity index (χ3n) is 6.24. The predicted octanol–water partition coefficient (Wildman–Crippen LogP) is 2.27. The van der Waals surface area contributed by atoms with Crippen molar-refractivity contribution in [1.82, 2.24) is 30.3 Å². The van der Waals surface area contributed by atoms with Crippen molar-refractivity contribution in [2.75, 3.05) is 6.54 Å². The number of carbonyl (C=O) groups is 3. The number of hydrogen-bond donors (Lipinski definition) is 2. The Morgan fingerprint density at radius 1 is 1.15 bits per heavy atom. The number of nitrogens with one attached hydrogen (secondary N) is 2. The Kier molecular flexibility index (Phi) is 5.16. The number of carbonyl (C=O) groups excluding carboxylic acids is 3. The Morgan fingerprint density at radius 3 is 2.58 bits per heavy atom. The minimum atomic E-state index is -0.900. The fourth-order valence-electron chi connectivity index (χ4n) is 4.19. The van der Waals surface area contributed by atoms with Crippen molar-refractivity contribution in [3.05, 3.63) is 66.6 Å². The van der Waals surface area contributed by atoms with Gasteiger partial charge in [0.15, 0.2) is 0 Å². The summed E-state index contributed by atoms with van der Waals surface area (Å²) in [5.74, 6) is -0.597. The van der Waals surface area contributed by atoms with Crippen LogP contribution in [0.1, 0.15) is 25.3 Å². The normalized spacial score (nSPS) is 20.1. The maximum absolute atomic E-state index is 12.8. The van der Waals surface area contributed by atoms with Crippen LogP contribution in [-0.4, -0.2) is 49.6 Å². The quantitative estimate of drug-likeness (QED) is 0.544. The van der Waals surface area contributed by atoms with Gasteiger partial charge in [-0.25, -0.2) is 9.48 Å². The van der Waals surface area contributed by atoms with Crippen LogP contribution in [0.4, 0.5) is 4.79 Å². The molecule has 1 aromatic carbocycles. The third-order valence-corrected chi connectivity index (χ3v) is 6.24. The number of hydrogen-bond acceptors (Lipinski definition) is 5. The number of pyridine rings is 1. The van der Waals surface area contributed by atoms with E-state index in [2.05, 4.69) is 15.6 Å². The van der Waals surface area contributed by atoms with Gasteiger partial charge in [0.1, 0.15) is 12.1 Å². The maximum Gasteiger partial charge on any atom is 0.325 e. The Morgan fingerprint density at radius 2 is 1.88 bits per heavy atom. The number of nitrogens with zero attached hydrogens (tertiary/aromatic N) is 4. The second-order valence-electron chi connectivity index (χ2n) is 8.59. The first kappa shape index (κ1) is 20.9. The third kappa shape index (κ3) is 3.97. The molecule has 1 unspecified atom stereocenters. The topological polar surface area (TPSA) is 109 Å². The van der Waals surface area contributed by atoms with Crippen molar-refractivity contribution in [1.29, 1.82) is 0 Å². The van der Waals surface area contributed by atoms with Gasteiger partial charge in [0, 0.05) is 36.3 Å². The van der Waals surface area contributed by atoms with E-state index in [1.54, 1.807) is 24.0 Å². The lowest BCUT2D eigenvalue weighted by Gasteiger charge is -2.20. The van der Waals surface area contributed by atoms with Crippen molar-refractivity contribution < 1.29 is 14.4 Å². The van der Waals surface area contributed by atoms with E-state index in [1.165, 1.54) is 0 Å². The van der Waals surface area contributed by atoms with Gasteiger partial charge >= 0.3 is 6.03 Å². The summed E-state index contributed by atoms with van der Waals surface area (Å²) >= 11 is 0. The Balaban J connectivity index is 1.32. The van der Waals surface area contributed by atoms with Crippen LogP contribution in [0.25, 0.3) is 16.9 Å².